The third-order valence-electron chi connectivity index (χ3n) is 4.96. The smallest absolute Gasteiger partial charge is 0.222 e. The molecule has 0 aromatic heterocycles. The minimum Gasteiger partial charge on any atom is -0.357 e. The maximum absolute atomic E-state index is 11.7. The van der Waals surface area contributed by atoms with Gasteiger partial charge in [0.2, 0.25) is 5.91 Å². The summed E-state index contributed by atoms with van der Waals surface area (Å²) in [7, 11) is 0. The number of nitrogens with zero attached hydrogens (tertiary/aromatic N) is 2. The number of carbonyl (C=O) groups is 1. The van der Waals surface area contributed by atoms with Crippen LogP contribution in [0.1, 0.15) is 70.4 Å². The minimum absolute atomic E-state index is 0. The molecule has 0 aliphatic carbocycles. The lowest BCUT2D eigenvalue weighted by atomic mass is 10.1. The molecule has 1 aromatic rings. The van der Waals surface area contributed by atoms with E-state index in [2.05, 4.69) is 55.7 Å². The Morgan fingerprint density at radius 1 is 1.18 bits per heavy atom. The predicted octanol–water partition coefficient (Wildman–Crippen LogP) is 4.45. The number of unbranched alkanes of at least 4 members (excludes halogenated alkanes) is 2. The van der Waals surface area contributed by atoms with Gasteiger partial charge in [-0.05, 0) is 37.8 Å². The lowest BCUT2D eigenvalue weighted by Crippen LogP contribution is -2.42. The molecule has 0 radical (unpaired) electrons. The summed E-state index contributed by atoms with van der Waals surface area (Å²) in [6.07, 6.45) is 6.65. The molecule has 0 spiro atoms. The van der Waals surface area contributed by atoms with Gasteiger partial charge in [0.05, 0.1) is 6.54 Å². The van der Waals surface area contributed by atoms with Gasteiger partial charge < -0.3 is 15.5 Å². The van der Waals surface area contributed by atoms with Crippen molar-refractivity contribution in [2.75, 3.05) is 13.1 Å². The average molecular weight is 500 g/mol. The Bertz CT molecular complexity index is 603. The predicted molar refractivity (Wildman–Crippen MR) is 128 cm³/mol. The number of benzene rings is 1. The van der Waals surface area contributed by atoms with Gasteiger partial charge in [-0.2, -0.15) is 0 Å². The van der Waals surface area contributed by atoms with E-state index >= 15 is 0 Å². The zero-order chi connectivity index (χ0) is 19.5. The molecule has 158 valence electrons. The molecule has 6 heteroatoms. The van der Waals surface area contributed by atoms with Gasteiger partial charge >= 0.3 is 0 Å². The third kappa shape index (κ3) is 8.80. The van der Waals surface area contributed by atoms with Crippen LogP contribution in [0.3, 0.4) is 0 Å². The van der Waals surface area contributed by atoms with Crippen LogP contribution in [0.15, 0.2) is 29.3 Å². The fourth-order valence-corrected chi connectivity index (χ4v) is 3.34. The molecule has 0 bridgehead atoms. The molecule has 1 aliphatic rings. The lowest BCUT2D eigenvalue weighted by Gasteiger charge is -2.18. The number of aliphatic imine (C=N–C) groups is 1. The van der Waals surface area contributed by atoms with Crippen molar-refractivity contribution in [2.45, 2.75) is 78.4 Å². The molecule has 1 fully saturated rings. The van der Waals surface area contributed by atoms with E-state index in [9.17, 15) is 4.79 Å². The lowest BCUT2D eigenvalue weighted by molar-refractivity contribution is -0.128. The highest BCUT2D eigenvalue weighted by atomic mass is 127. The summed E-state index contributed by atoms with van der Waals surface area (Å²) in [5.74, 6) is 1.16. The summed E-state index contributed by atoms with van der Waals surface area (Å²) in [5, 5.41) is 6.84. The van der Waals surface area contributed by atoms with Crippen LogP contribution in [0.4, 0.5) is 0 Å². The molecule has 0 saturated carbocycles. The molecular formula is C22H37IN4O. The van der Waals surface area contributed by atoms with Crippen LogP contribution in [0.2, 0.25) is 0 Å². The van der Waals surface area contributed by atoms with Crippen LogP contribution in [0.25, 0.3) is 0 Å². The summed E-state index contributed by atoms with van der Waals surface area (Å²) < 4.78 is 0. The van der Waals surface area contributed by atoms with Crippen LogP contribution < -0.4 is 10.6 Å². The number of nitrogens with one attached hydrogen (secondary N) is 2. The maximum atomic E-state index is 11.7. The Balaban J connectivity index is 0.00000392. The Labute approximate surface area is 187 Å². The monoisotopic (exact) mass is 500 g/mol. The van der Waals surface area contributed by atoms with Crippen LogP contribution in [0.5, 0.6) is 0 Å². The molecule has 2 rings (SSSR count). The van der Waals surface area contributed by atoms with Crippen molar-refractivity contribution in [2.24, 2.45) is 4.99 Å². The van der Waals surface area contributed by atoms with Crippen molar-refractivity contribution in [3.63, 3.8) is 0 Å². The topological polar surface area (TPSA) is 56.7 Å². The SMILES string of the molecule is CCCCCC(C)NC(=NCc1ccc(CN2CCCC2=O)cc1)NCC.I. The largest absolute Gasteiger partial charge is 0.357 e. The number of likely N-dealkylation sites (tertiary alicyclic amines) is 1. The Morgan fingerprint density at radius 2 is 1.89 bits per heavy atom. The first-order valence-corrected chi connectivity index (χ1v) is 10.5. The van der Waals surface area contributed by atoms with E-state index in [1.807, 2.05) is 4.90 Å². The van der Waals surface area contributed by atoms with E-state index in [1.54, 1.807) is 0 Å². The average Bonchev–Trinajstić information content (AvgIpc) is 3.06. The third-order valence-corrected chi connectivity index (χ3v) is 4.96. The van der Waals surface area contributed by atoms with E-state index < -0.39 is 0 Å². The summed E-state index contributed by atoms with van der Waals surface area (Å²) >= 11 is 0. The van der Waals surface area contributed by atoms with E-state index in [1.165, 1.54) is 36.8 Å². The zero-order valence-corrected chi connectivity index (χ0v) is 20.0. The molecule has 1 aliphatic heterocycles. The molecule has 1 heterocycles. The number of carbonyl (C=O) groups excluding carboxylic acids is 1. The van der Waals surface area contributed by atoms with Crippen LogP contribution >= 0.6 is 24.0 Å². The van der Waals surface area contributed by atoms with Crippen molar-refractivity contribution in [3.8, 4) is 0 Å². The van der Waals surface area contributed by atoms with Crippen LogP contribution in [0, 0.1) is 0 Å². The van der Waals surface area contributed by atoms with Gasteiger partial charge in [-0.3, -0.25) is 4.79 Å². The van der Waals surface area contributed by atoms with E-state index in [-0.39, 0.29) is 29.9 Å². The summed E-state index contributed by atoms with van der Waals surface area (Å²) in [4.78, 5) is 18.4. The second-order valence-corrected chi connectivity index (χ2v) is 7.47. The zero-order valence-electron chi connectivity index (χ0n) is 17.7. The Morgan fingerprint density at radius 3 is 2.50 bits per heavy atom. The molecule has 1 unspecified atom stereocenters. The molecule has 1 amide bonds. The van der Waals surface area contributed by atoms with Crippen molar-refractivity contribution in [1.29, 1.82) is 0 Å². The van der Waals surface area contributed by atoms with Gasteiger partial charge in [0.1, 0.15) is 0 Å². The van der Waals surface area contributed by atoms with E-state index in [0.29, 0.717) is 19.0 Å². The van der Waals surface area contributed by atoms with Crippen molar-refractivity contribution in [1.82, 2.24) is 15.5 Å². The number of rotatable bonds is 10. The first kappa shape index (κ1) is 24.7. The number of hydrogen-bond acceptors (Lipinski definition) is 2. The fourth-order valence-electron chi connectivity index (χ4n) is 3.34. The fraction of sp³-hybridized carbons (Fsp3) is 0.636. The first-order chi connectivity index (χ1) is 13.1. The summed E-state index contributed by atoms with van der Waals surface area (Å²) in [6.45, 7) is 9.67. The molecule has 1 aromatic carbocycles. The summed E-state index contributed by atoms with van der Waals surface area (Å²) in [5.41, 5.74) is 2.37. The molecule has 5 nitrogen and oxygen atoms in total. The maximum Gasteiger partial charge on any atom is 0.222 e. The molecule has 28 heavy (non-hydrogen) atoms. The highest BCUT2D eigenvalue weighted by Crippen LogP contribution is 2.15. The quantitative estimate of drug-likeness (QED) is 0.216. The number of halogens is 1. The highest BCUT2D eigenvalue weighted by Gasteiger charge is 2.19. The van der Waals surface area contributed by atoms with Crippen molar-refractivity contribution >= 4 is 35.8 Å². The normalized spacial score (nSPS) is 15.3. The molecule has 1 atom stereocenters. The second kappa shape index (κ2) is 13.8. The molecule has 2 N–H and O–H groups in total. The second-order valence-electron chi connectivity index (χ2n) is 7.47. The Kier molecular flexibility index (Phi) is 12.2. The van der Waals surface area contributed by atoms with E-state index in [0.717, 1.165) is 32.0 Å². The Hall–Kier alpha value is -1.31. The minimum atomic E-state index is 0. The molecule has 1 saturated heterocycles. The van der Waals surface area contributed by atoms with Crippen LogP contribution in [-0.2, 0) is 17.9 Å². The van der Waals surface area contributed by atoms with Crippen molar-refractivity contribution in [3.05, 3.63) is 35.4 Å². The summed E-state index contributed by atoms with van der Waals surface area (Å²) in [6, 6.07) is 8.89. The van der Waals surface area contributed by atoms with Crippen molar-refractivity contribution < 1.29 is 4.79 Å². The van der Waals surface area contributed by atoms with E-state index in [4.69, 9.17) is 4.99 Å². The van der Waals surface area contributed by atoms with Crippen LogP contribution in [-0.4, -0.2) is 35.9 Å². The standard InChI is InChI=1S/C22H36N4O.HI/c1-4-6-7-9-18(3)25-22(23-5-2)24-16-19-11-13-20(14-12-19)17-26-15-8-10-21(26)27;/h11-14,18H,4-10,15-17H2,1-3H3,(H2,23,24,25);1H. The number of hydrogen-bond donors (Lipinski definition) is 2. The van der Waals surface area contributed by atoms with Gasteiger partial charge in [0.25, 0.3) is 0 Å². The van der Waals surface area contributed by atoms with Gasteiger partial charge in [-0.1, -0.05) is 50.5 Å². The number of amides is 1. The van der Waals surface area contributed by atoms with Gasteiger partial charge in [0, 0.05) is 32.1 Å². The first-order valence-electron chi connectivity index (χ1n) is 10.5. The highest BCUT2D eigenvalue weighted by molar-refractivity contribution is 14.0. The van der Waals surface area contributed by atoms with Gasteiger partial charge in [0.15, 0.2) is 5.96 Å². The van der Waals surface area contributed by atoms with Gasteiger partial charge in [-0.25, -0.2) is 4.99 Å². The molecular weight excluding hydrogens is 463 g/mol. The van der Waals surface area contributed by atoms with Gasteiger partial charge in [-0.15, -0.1) is 24.0 Å². The number of guanidine groups is 1.